The summed E-state index contributed by atoms with van der Waals surface area (Å²) in [6.07, 6.45) is 8.82. The lowest BCUT2D eigenvalue weighted by molar-refractivity contribution is 0.172. The molecule has 1 aromatic heterocycles. The van der Waals surface area contributed by atoms with E-state index in [0.717, 1.165) is 138 Å². The van der Waals surface area contributed by atoms with Crippen LogP contribution in [0.5, 0.6) is 11.5 Å². The number of aromatic nitrogens is 3. The number of phenols is 2. The van der Waals surface area contributed by atoms with Crippen molar-refractivity contribution < 1.29 is 25.5 Å². The standard InChI is InChI=1S/C31H38N2O.C30H36N2O2.C29H32N4O2/c1-23(2)33-20-18-25(19-21-33)24-10-12-27(13-11-24)31(28-14-16-29(32)17-15-28)30(9-6-22-34)26-7-4-3-5-8-26;1-23(2)31-17-19-32(20-18-31)27-15-13-25(14-16-27)30(26-10-6-11-28(34)22-26)29(12-7-21-33)24-8-4-3-5-9-24;1-32(2)18-19-33-21-28(30-31-33)23-10-12-24(13-11-23)29(25-14-16-26(35)17-15-25)27(9-6-20-34)22-7-4-3-5-8-22/h3-5,7-8,10-17,23,25,34H,6,9,18-22,32H2,1-2H3;3-6,8-11,13-16,22-23,33-34H,7,12,17-21H2,1-2H3;3-5,7-8,10-17,21,34-35H,6,9,18-20H2,1-2H3/b31-30+;30-29+;29-27+. The van der Waals surface area contributed by atoms with Crippen LogP contribution in [0.3, 0.4) is 0 Å². The number of anilines is 2. The average Bonchev–Trinajstić information content (AvgIpc) is 1.52. The molecule has 10 aromatic rings. The van der Waals surface area contributed by atoms with Crippen LogP contribution < -0.4 is 10.6 Å². The van der Waals surface area contributed by atoms with Gasteiger partial charge < -0.3 is 46.0 Å². The molecule has 9 aromatic carbocycles. The lowest BCUT2D eigenvalue weighted by atomic mass is 9.85. The maximum Gasteiger partial charge on any atom is 0.116 e. The number of benzene rings is 9. The van der Waals surface area contributed by atoms with Gasteiger partial charge in [-0.25, -0.2) is 0 Å². The zero-order chi connectivity index (χ0) is 72.5. The van der Waals surface area contributed by atoms with Crippen molar-refractivity contribution in [2.24, 2.45) is 0 Å². The molecule has 0 aliphatic carbocycles. The van der Waals surface area contributed by atoms with E-state index in [1.165, 1.54) is 65.0 Å². The van der Waals surface area contributed by atoms with Gasteiger partial charge >= 0.3 is 0 Å². The lowest BCUT2D eigenvalue weighted by Gasteiger charge is -2.38. The van der Waals surface area contributed by atoms with Gasteiger partial charge in [0.1, 0.15) is 17.2 Å². The number of likely N-dealkylation sites (N-methyl/N-ethyl adjacent to an activating group) is 1. The van der Waals surface area contributed by atoms with Crippen LogP contribution in [0.4, 0.5) is 11.4 Å². The summed E-state index contributed by atoms with van der Waals surface area (Å²) in [5, 5.41) is 57.5. The van der Waals surface area contributed by atoms with Crippen molar-refractivity contribution in [3.63, 3.8) is 0 Å². The van der Waals surface area contributed by atoms with Crippen molar-refractivity contribution in [3.8, 4) is 22.8 Å². The minimum Gasteiger partial charge on any atom is -0.508 e. The minimum atomic E-state index is 0.127. The largest absolute Gasteiger partial charge is 0.508 e. The van der Waals surface area contributed by atoms with Gasteiger partial charge in [-0.3, -0.25) is 9.58 Å². The fraction of sp³-hybridized carbons (Fsp3) is 0.311. The van der Waals surface area contributed by atoms with E-state index in [9.17, 15) is 25.5 Å². The van der Waals surface area contributed by atoms with Gasteiger partial charge in [0.25, 0.3) is 0 Å². The number of aromatic hydroxyl groups is 2. The molecule has 12 rings (SSSR count). The maximum absolute atomic E-state index is 10.2. The molecule has 13 nitrogen and oxygen atoms in total. The Morgan fingerprint density at radius 1 is 0.447 bits per heavy atom. The molecule has 0 radical (unpaired) electrons. The normalized spacial score (nSPS) is 14.5. The smallest absolute Gasteiger partial charge is 0.116 e. The van der Waals surface area contributed by atoms with Crippen molar-refractivity contribution in [2.75, 3.05) is 90.4 Å². The van der Waals surface area contributed by atoms with Gasteiger partial charge in [-0.15, -0.1) is 5.10 Å². The van der Waals surface area contributed by atoms with Crippen LogP contribution in [0.15, 0.2) is 243 Å². The van der Waals surface area contributed by atoms with E-state index in [4.69, 9.17) is 5.73 Å². The summed E-state index contributed by atoms with van der Waals surface area (Å²) < 4.78 is 1.87. The summed E-state index contributed by atoms with van der Waals surface area (Å²) in [6.45, 7) is 17.9. The number of piperazine rings is 1. The first kappa shape index (κ1) is 76.0. The number of nitrogens with two attached hydrogens (primary N) is 1. The Morgan fingerprint density at radius 2 is 0.854 bits per heavy atom. The van der Waals surface area contributed by atoms with E-state index in [0.29, 0.717) is 30.8 Å². The molecule has 103 heavy (non-hydrogen) atoms. The zero-order valence-electron chi connectivity index (χ0n) is 61.2. The number of rotatable bonds is 26. The monoisotopic (exact) mass is 1380 g/mol. The Bertz CT molecular complexity index is 4270. The quantitative estimate of drug-likeness (QED) is 0.0224. The van der Waals surface area contributed by atoms with Gasteiger partial charge in [-0.05, 0) is 250 Å². The van der Waals surface area contributed by atoms with Crippen molar-refractivity contribution in [1.29, 1.82) is 0 Å². The number of aliphatic hydroxyl groups excluding tert-OH is 3. The Hall–Kier alpha value is -9.70. The molecule has 2 fully saturated rings. The summed E-state index contributed by atoms with van der Waals surface area (Å²) in [5.41, 5.74) is 28.4. The summed E-state index contributed by atoms with van der Waals surface area (Å²) in [7, 11) is 4.08. The number of phenolic OH excluding ortho intramolecular Hbond substituents is 2. The van der Waals surface area contributed by atoms with Gasteiger partial charge in [-0.2, -0.15) is 0 Å². The van der Waals surface area contributed by atoms with Gasteiger partial charge in [0.2, 0.25) is 0 Å². The summed E-state index contributed by atoms with van der Waals surface area (Å²) in [5.74, 6) is 1.12. The number of hydrogen-bond acceptors (Lipinski definition) is 12. The molecule has 0 bridgehead atoms. The molecular weight excluding hydrogens is 1270 g/mol. The predicted octanol–water partition coefficient (Wildman–Crippen LogP) is 17.2. The number of aliphatic hydroxyl groups is 3. The first-order valence-corrected chi connectivity index (χ1v) is 36.9. The van der Waals surface area contributed by atoms with Gasteiger partial charge in [0.15, 0.2) is 0 Å². The second kappa shape index (κ2) is 38.5. The fourth-order valence-corrected chi connectivity index (χ4v) is 14.1. The third-order valence-electron chi connectivity index (χ3n) is 19.8. The highest BCUT2D eigenvalue weighted by Crippen LogP contribution is 2.41. The third kappa shape index (κ3) is 21.2. The molecule has 2 aliphatic heterocycles. The first-order valence-electron chi connectivity index (χ1n) is 36.9. The van der Waals surface area contributed by atoms with E-state index < -0.39 is 0 Å². The maximum atomic E-state index is 10.2. The number of hydrogen-bond donors (Lipinski definition) is 6. The van der Waals surface area contributed by atoms with E-state index in [2.05, 4.69) is 203 Å². The molecule has 536 valence electrons. The Morgan fingerprint density at radius 3 is 1.29 bits per heavy atom. The van der Waals surface area contributed by atoms with Gasteiger partial charge in [0.05, 0.1) is 12.7 Å². The van der Waals surface area contributed by atoms with Crippen LogP contribution in [0.2, 0.25) is 0 Å². The number of allylic oxidation sites excluding steroid dienone is 3. The number of nitrogens with zero attached hydrogens (tertiary/aromatic N) is 7. The van der Waals surface area contributed by atoms with E-state index in [1.807, 2.05) is 97.8 Å². The molecule has 0 spiro atoms. The van der Waals surface area contributed by atoms with Crippen molar-refractivity contribution >= 4 is 44.8 Å². The number of likely N-dealkylation sites (tertiary alicyclic amines) is 1. The molecule has 0 saturated carbocycles. The van der Waals surface area contributed by atoms with E-state index in [-0.39, 0.29) is 31.3 Å². The Labute approximate surface area is 611 Å². The van der Waals surface area contributed by atoms with Crippen molar-refractivity contribution in [3.05, 3.63) is 298 Å². The van der Waals surface area contributed by atoms with Gasteiger partial charge in [0, 0.05) is 81.6 Å². The van der Waals surface area contributed by atoms with Crippen LogP contribution in [0.1, 0.15) is 141 Å². The molecule has 13 heteroatoms. The summed E-state index contributed by atoms with van der Waals surface area (Å²) in [4.78, 5) is 9.69. The molecule has 7 N–H and O–H groups in total. The highest BCUT2D eigenvalue weighted by molar-refractivity contribution is 6.01. The second-order valence-corrected chi connectivity index (χ2v) is 27.8. The molecular formula is C90H106N8O5. The Kier molecular flexibility index (Phi) is 28.4. The molecule has 2 saturated heterocycles. The zero-order valence-corrected chi connectivity index (χ0v) is 61.2. The van der Waals surface area contributed by atoms with Crippen LogP contribution in [0.25, 0.3) is 44.7 Å². The molecule has 0 atom stereocenters. The average molecular weight is 1380 g/mol. The topological polar surface area (TPSA) is 171 Å². The molecule has 0 unspecified atom stereocenters. The fourth-order valence-electron chi connectivity index (χ4n) is 14.1. The number of piperidine rings is 1. The number of nitrogen functional groups attached to an aromatic ring is 1. The first-order chi connectivity index (χ1) is 50.2. The van der Waals surface area contributed by atoms with Crippen LogP contribution in [-0.2, 0) is 6.54 Å². The van der Waals surface area contributed by atoms with Crippen molar-refractivity contribution in [1.82, 2.24) is 29.7 Å². The lowest BCUT2D eigenvalue weighted by Crippen LogP contribution is -2.48. The van der Waals surface area contributed by atoms with E-state index >= 15 is 0 Å². The summed E-state index contributed by atoms with van der Waals surface area (Å²) in [6, 6.07) is 81.8. The van der Waals surface area contributed by atoms with E-state index in [1.54, 1.807) is 18.2 Å². The van der Waals surface area contributed by atoms with Gasteiger partial charge in [-0.1, -0.05) is 193 Å². The van der Waals surface area contributed by atoms with Crippen molar-refractivity contribution in [2.45, 2.75) is 104 Å². The highest BCUT2D eigenvalue weighted by Gasteiger charge is 2.25. The van der Waals surface area contributed by atoms with Crippen LogP contribution in [0, 0.1) is 0 Å². The third-order valence-corrected chi connectivity index (χ3v) is 19.8. The molecule has 0 amide bonds. The predicted molar refractivity (Wildman–Crippen MR) is 428 cm³/mol. The SMILES string of the molecule is CC(C)N1CCC(c2ccc(/C(=C(/CCCO)c3ccccc3)c3ccc(N)cc3)cc2)CC1.CC(C)N1CCN(c2ccc(/C(=C(/CCCO)c3ccccc3)c3cccc(O)c3)cc2)CC1.CN(C)CCn1cc(-c2ccc(/C(=C(/CCCO)c3ccccc3)c3ccc(O)cc3)cc2)nn1. The van der Waals surface area contributed by atoms with Crippen LogP contribution in [-0.4, -0.2) is 147 Å². The molecule has 3 heterocycles. The second-order valence-electron chi connectivity index (χ2n) is 27.8. The molecule has 2 aliphatic rings. The minimum absolute atomic E-state index is 0.127. The highest BCUT2D eigenvalue weighted by atomic mass is 16.3. The Balaban J connectivity index is 0.000000166. The van der Waals surface area contributed by atoms with Crippen LogP contribution >= 0.6 is 0 Å². The summed E-state index contributed by atoms with van der Waals surface area (Å²) >= 11 is 0.